The summed E-state index contributed by atoms with van der Waals surface area (Å²) < 4.78 is 32.6. The average molecular weight is 324 g/mol. The number of hydrogen-bond acceptors (Lipinski definition) is 3. The Bertz CT molecular complexity index is 821. The van der Waals surface area contributed by atoms with E-state index in [4.69, 9.17) is 16.3 Å². The molecule has 2 aliphatic heterocycles. The molecule has 21 heavy (non-hydrogen) atoms. The van der Waals surface area contributed by atoms with Crippen LogP contribution in [0.5, 0.6) is 0 Å². The molecule has 0 aliphatic carbocycles. The number of ether oxygens (including phenoxy) is 1. The lowest BCUT2D eigenvalue weighted by atomic mass is 10.1. The van der Waals surface area contributed by atoms with E-state index in [9.17, 15) is 8.42 Å². The molecule has 2 unspecified atom stereocenters. The summed E-state index contributed by atoms with van der Waals surface area (Å²) in [5.41, 5.74) is 0. The molecule has 2 aromatic rings. The lowest BCUT2D eigenvalue weighted by Crippen LogP contribution is -2.41. The second-order valence-corrected chi connectivity index (χ2v) is 7.84. The van der Waals surface area contributed by atoms with Gasteiger partial charge >= 0.3 is 0 Å². The largest absolute Gasteiger partial charge is 0.375 e. The van der Waals surface area contributed by atoms with Gasteiger partial charge in [0, 0.05) is 17.0 Å². The van der Waals surface area contributed by atoms with Gasteiger partial charge < -0.3 is 4.74 Å². The molecule has 0 amide bonds. The molecule has 6 heteroatoms. The highest BCUT2D eigenvalue weighted by Gasteiger charge is 2.45. The number of halogens is 1. The van der Waals surface area contributed by atoms with Crippen LogP contribution < -0.4 is 0 Å². The normalized spacial score (nSPS) is 25.8. The third kappa shape index (κ3) is 2.07. The Labute approximate surface area is 128 Å². The molecule has 2 aromatic carbocycles. The summed E-state index contributed by atoms with van der Waals surface area (Å²) in [6.07, 6.45) is 0.859. The molecule has 4 rings (SSSR count). The zero-order valence-corrected chi connectivity index (χ0v) is 12.8. The first kappa shape index (κ1) is 13.5. The molecule has 0 aromatic heterocycles. The van der Waals surface area contributed by atoms with Crippen LogP contribution in [0.4, 0.5) is 0 Å². The quantitative estimate of drug-likeness (QED) is 0.853. The first-order chi connectivity index (χ1) is 10.1. The highest BCUT2D eigenvalue weighted by molar-refractivity contribution is 7.89. The van der Waals surface area contributed by atoms with E-state index in [0.29, 0.717) is 23.1 Å². The Morgan fingerprint density at radius 1 is 1.24 bits per heavy atom. The summed E-state index contributed by atoms with van der Waals surface area (Å²) in [7, 11) is -3.46. The van der Waals surface area contributed by atoms with Crippen molar-refractivity contribution in [3.05, 3.63) is 41.4 Å². The Morgan fingerprint density at radius 2 is 2.10 bits per heavy atom. The minimum Gasteiger partial charge on any atom is -0.375 e. The van der Waals surface area contributed by atoms with Crippen molar-refractivity contribution < 1.29 is 13.2 Å². The van der Waals surface area contributed by atoms with Gasteiger partial charge in [0.25, 0.3) is 0 Å². The van der Waals surface area contributed by atoms with Crippen LogP contribution in [-0.4, -0.2) is 38.0 Å². The summed E-state index contributed by atoms with van der Waals surface area (Å²) >= 11 is 6.13. The zero-order chi connectivity index (χ0) is 14.6. The number of nitrogens with zero attached hydrogens (tertiary/aromatic N) is 1. The van der Waals surface area contributed by atoms with E-state index in [0.717, 1.165) is 17.2 Å². The number of hydrogen-bond donors (Lipinski definition) is 0. The maximum Gasteiger partial charge on any atom is 0.243 e. The molecule has 4 nitrogen and oxygen atoms in total. The second-order valence-electron chi connectivity index (χ2n) is 5.54. The first-order valence-corrected chi connectivity index (χ1v) is 8.69. The molecule has 0 saturated carbocycles. The fourth-order valence-corrected chi connectivity index (χ4v) is 5.11. The lowest BCUT2D eigenvalue weighted by Gasteiger charge is -2.26. The van der Waals surface area contributed by atoms with Gasteiger partial charge in [0.15, 0.2) is 0 Å². The van der Waals surface area contributed by atoms with Gasteiger partial charge in [-0.1, -0.05) is 29.8 Å². The highest BCUT2D eigenvalue weighted by atomic mass is 35.5. The third-order valence-electron chi connectivity index (χ3n) is 4.26. The van der Waals surface area contributed by atoms with Gasteiger partial charge in [-0.2, -0.15) is 4.31 Å². The summed E-state index contributed by atoms with van der Waals surface area (Å²) in [6, 6.07) is 10.6. The maximum atomic E-state index is 12.8. The number of rotatable bonds is 2. The SMILES string of the molecule is O=S(=O)(c1ccc2c(Cl)cccc2c1)N1CC2CC1CO2. The van der Waals surface area contributed by atoms with Crippen LogP contribution >= 0.6 is 11.6 Å². The van der Waals surface area contributed by atoms with Gasteiger partial charge in [0.1, 0.15) is 0 Å². The van der Waals surface area contributed by atoms with E-state index in [1.165, 1.54) is 0 Å². The number of sulfonamides is 1. The van der Waals surface area contributed by atoms with Crippen molar-refractivity contribution in [2.45, 2.75) is 23.5 Å². The summed E-state index contributed by atoms with van der Waals surface area (Å²) in [5, 5.41) is 2.33. The standard InChI is InChI=1S/C15H14ClNO3S/c16-15-3-1-2-10-6-13(4-5-14(10)15)21(18,19)17-8-12-7-11(17)9-20-12/h1-6,11-12H,7-9H2. The molecule has 2 saturated heterocycles. The summed E-state index contributed by atoms with van der Waals surface area (Å²) in [5.74, 6) is 0. The van der Waals surface area contributed by atoms with Crippen molar-refractivity contribution in [2.75, 3.05) is 13.2 Å². The fraction of sp³-hybridized carbons (Fsp3) is 0.333. The molecule has 2 aliphatic rings. The molecule has 2 heterocycles. The lowest BCUT2D eigenvalue weighted by molar-refractivity contribution is 0.0608. The minimum atomic E-state index is -3.46. The molecule has 2 bridgehead atoms. The van der Waals surface area contributed by atoms with Crippen LogP contribution in [0.3, 0.4) is 0 Å². The number of fused-ring (bicyclic) bond motifs is 3. The van der Waals surface area contributed by atoms with E-state index in [1.54, 1.807) is 28.6 Å². The molecular formula is C15H14ClNO3S. The van der Waals surface area contributed by atoms with E-state index in [2.05, 4.69) is 0 Å². The van der Waals surface area contributed by atoms with Crippen molar-refractivity contribution in [3.63, 3.8) is 0 Å². The Morgan fingerprint density at radius 3 is 2.81 bits per heavy atom. The van der Waals surface area contributed by atoms with Crippen LogP contribution in [0.2, 0.25) is 5.02 Å². The maximum absolute atomic E-state index is 12.8. The summed E-state index contributed by atoms with van der Waals surface area (Å²) in [4.78, 5) is 0.324. The molecule has 0 radical (unpaired) electrons. The van der Waals surface area contributed by atoms with Crippen molar-refractivity contribution in [2.24, 2.45) is 0 Å². The molecular weight excluding hydrogens is 310 g/mol. The van der Waals surface area contributed by atoms with Gasteiger partial charge in [-0.25, -0.2) is 8.42 Å². The van der Waals surface area contributed by atoms with E-state index >= 15 is 0 Å². The molecule has 0 N–H and O–H groups in total. The third-order valence-corrected chi connectivity index (χ3v) is 6.50. The fourth-order valence-electron chi connectivity index (χ4n) is 3.18. The van der Waals surface area contributed by atoms with Gasteiger partial charge in [-0.15, -0.1) is 0 Å². The van der Waals surface area contributed by atoms with E-state index < -0.39 is 10.0 Å². The van der Waals surface area contributed by atoms with Crippen LogP contribution in [0, 0.1) is 0 Å². The Hall–Kier alpha value is -1.14. The minimum absolute atomic E-state index is 0.0185. The van der Waals surface area contributed by atoms with Crippen LogP contribution in [0.25, 0.3) is 10.8 Å². The van der Waals surface area contributed by atoms with Crippen molar-refractivity contribution in [1.82, 2.24) is 4.31 Å². The number of benzene rings is 2. The zero-order valence-electron chi connectivity index (χ0n) is 11.2. The number of morpholine rings is 1. The first-order valence-electron chi connectivity index (χ1n) is 6.87. The van der Waals surface area contributed by atoms with Crippen molar-refractivity contribution in [1.29, 1.82) is 0 Å². The van der Waals surface area contributed by atoms with E-state index in [-0.39, 0.29) is 12.1 Å². The topological polar surface area (TPSA) is 46.6 Å². The molecule has 0 spiro atoms. The average Bonchev–Trinajstić information content (AvgIpc) is 3.10. The van der Waals surface area contributed by atoms with Crippen LogP contribution in [-0.2, 0) is 14.8 Å². The molecule has 110 valence electrons. The molecule has 2 fully saturated rings. The van der Waals surface area contributed by atoms with E-state index in [1.807, 2.05) is 12.1 Å². The smallest absolute Gasteiger partial charge is 0.243 e. The predicted octanol–water partition coefficient (Wildman–Crippen LogP) is 2.66. The van der Waals surface area contributed by atoms with Gasteiger partial charge in [-0.05, 0) is 30.0 Å². The van der Waals surface area contributed by atoms with Gasteiger partial charge in [-0.3, -0.25) is 0 Å². The summed E-state index contributed by atoms with van der Waals surface area (Å²) in [6.45, 7) is 0.962. The van der Waals surface area contributed by atoms with Crippen molar-refractivity contribution in [3.8, 4) is 0 Å². The van der Waals surface area contributed by atoms with Gasteiger partial charge in [0.2, 0.25) is 10.0 Å². The van der Waals surface area contributed by atoms with Crippen molar-refractivity contribution >= 4 is 32.4 Å². The van der Waals surface area contributed by atoms with Gasteiger partial charge in [0.05, 0.1) is 23.6 Å². The van der Waals surface area contributed by atoms with Crippen LogP contribution in [0.1, 0.15) is 6.42 Å². The second kappa shape index (κ2) is 4.68. The van der Waals surface area contributed by atoms with Crippen LogP contribution in [0.15, 0.2) is 41.3 Å². The Balaban J connectivity index is 1.79. The highest BCUT2D eigenvalue weighted by Crippen LogP contribution is 2.34. The Kier molecular flexibility index (Phi) is 3.01. The predicted molar refractivity (Wildman–Crippen MR) is 81.0 cm³/mol. The monoisotopic (exact) mass is 323 g/mol. The molecule has 2 atom stereocenters.